The van der Waals surface area contributed by atoms with E-state index in [2.05, 4.69) is 15.4 Å². The van der Waals surface area contributed by atoms with Crippen molar-refractivity contribution in [1.29, 1.82) is 0 Å². The minimum Gasteiger partial charge on any atom is -0.467 e. The van der Waals surface area contributed by atoms with Gasteiger partial charge in [0.1, 0.15) is 6.04 Å². The van der Waals surface area contributed by atoms with Gasteiger partial charge in [0.2, 0.25) is 5.91 Å². The second kappa shape index (κ2) is 10.9. The van der Waals surface area contributed by atoms with Crippen molar-refractivity contribution in [3.63, 3.8) is 0 Å². The van der Waals surface area contributed by atoms with Crippen molar-refractivity contribution < 1.29 is 19.1 Å². The van der Waals surface area contributed by atoms with Gasteiger partial charge in [0.25, 0.3) is 5.91 Å². The highest BCUT2D eigenvalue weighted by Crippen LogP contribution is 2.09. The number of thioether (sulfide) groups is 1. The van der Waals surface area contributed by atoms with E-state index in [1.165, 1.54) is 7.11 Å². The van der Waals surface area contributed by atoms with Crippen molar-refractivity contribution in [2.45, 2.75) is 18.9 Å². The van der Waals surface area contributed by atoms with Gasteiger partial charge in [-0.15, -0.1) is 0 Å². The second-order valence-corrected chi connectivity index (χ2v) is 6.36. The molecule has 0 aliphatic heterocycles. The largest absolute Gasteiger partial charge is 0.467 e. The van der Waals surface area contributed by atoms with Gasteiger partial charge in [-0.05, 0) is 42.7 Å². The highest BCUT2D eigenvalue weighted by molar-refractivity contribution is 7.98. The number of benzene rings is 1. The van der Waals surface area contributed by atoms with Crippen LogP contribution >= 0.6 is 23.4 Å². The maximum absolute atomic E-state index is 11.9. The Kier molecular flexibility index (Phi) is 9.26. The number of nitrogens with one attached hydrogen (secondary N) is 2. The van der Waals surface area contributed by atoms with Crippen LogP contribution in [0.3, 0.4) is 0 Å². The van der Waals surface area contributed by atoms with Crippen LogP contribution in [0.25, 0.3) is 0 Å². The minimum atomic E-state index is -0.665. The van der Waals surface area contributed by atoms with Gasteiger partial charge in [-0.2, -0.15) is 11.8 Å². The Labute approximate surface area is 150 Å². The molecule has 0 spiro atoms. The molecule has 0 heterocycles. The Morgan fingerprint density at radius 2 is 1.92 bits per heavy atom. The van der Waals surface area contributed by atoms with Crippen molar-refractivity contribution in [2.75, 3.05) is 25.7 Å². The molecule has 0 aromatic heterocycles. The number of esters is 1. The number of rotatable bonds is 9. The van der Waals surface area contributed by atoms with Crippen LogP contribution in [0.2, 0.25) is 5.02 Å². The average Bonchev–Trinajstić information content (AvgIpc) is 2.58. The van der Waals surface area contributed by atoms with Crippen LogP contribution in [0.5, 0.6) is 0 Å². The maximum atomic E-state index is 11.9. The molecule has 2 amide bonds. The van der Waals surface area contributed by atoms with Crippen molar-refractivity contribution in [3.8, 4) is 0 Å². The lowest BCUT2D eigenvalue weighted by atomic mass is 10.2. The van der Waals surface area contributed by atoms with Gasteiger partial charge in [0.15, 0.2) is 0 Å². The van der Waals surface area contributed by atoms with Crippen LogP contribution in [-0.4, -0.2) is 49.5 Å². The number of hydrogen-bond donors (Lipinski definition) is 2. The topological polar surface area (TPSA) is 84.5 Å². The minimum absolute atomic E-state index is 0.0755. The van der Waals surface area contributed by atoms with Crippen LogP contribution in [0, 0.1) is 0 Å². The molecule has 132 valence electrons. The van der Waals surface area contributed by atoms with E-state index in [4.69, 9.17) is 11.6 Å². The molecule has 0 bridgehead atoms. The van der Waals surface area contributed by atoms with Gasteiger partial charge < -0.3 is 15.4 Å². The molecule has 1 aromatic rings. The Hall–Kier alpha value is -1.73. The van der Waals surface area contributed by atoms with Crippen LogP contribution in [0.15, 0.2) is 24.3 Å². The second-order valence-electron chi connectivity index (χ2n) is 4.94. The third-order valence-electron chi connectivity index (χ3n) is 3.18. The highest BCUT2D eigenvalue weighted by Gasteiger charge is 2.20. The molecule has 0 saturated carbocycles. The van der Waals surface area contributed by atoms with E-state index in [0.29, 0.717) is 17.0 Å². The van der Waals surface area contributed by atoms with Crippen LogP contribution in [-0.2, 0) is 14.3 Å². The number of carbonyl (C=O) groups is 3. The average molecular weight is 373 g/mol. The normalized spacial score (nSPS) is 11.5. The molecule has 0 aliphatic carbocycles. The zero-order valence-electron chi connectivity index (χ0n) is 13.6. The Morgan fingerprint density at radius 1 is 1.25 bits per heavy atom. The van der Waals surface area contributed by atoms with Gasteiger partial charge >= 0.3 is 5.97 Å². The Balaban J connectivity index is 2.39. The van der Waals surface area contributed by atoms with Crippen LogP contribution in [0.4, 0.5) is 0 Å². The zero-order valence-corrected chi connectivity index (χ0v) is 15.2. The van der Waals surface area contributed by atoms with Gasteiger partial charge in [-0.1, -0.05) is 11.6 Å². The first-order valence-electron chi connectivity index (χ1n) is 7.37. The van der Waals surface area contributed by atoms with E-state index in [1.807, 2.05) is 6.26 Å². The van der Waals surface area contributed by atoms with E-state index in [9.17, 15) is 14.4 Å². The summed E-state index contributed by atoms with van der Waals surface area (Å²) in [7, 11) is 1.28. The van der Waals surface area contributed by atoms with E-state index < -0.39 is 12.0 Å². The molecule has 8 heteroatoms. The summed E-state index contributed by atoms with van der Waals surface area (Å²) >= 11 is 7.34. The summed E-state index contributed by atoms with van der Waals surface area (Å²) in [4.78, 5) is 35.4. The predicted molar refractivity (Wildman–Crippen MR) is 95.3 cm³/mol. The summed E-state index contributed by atoms with van der Waals surface area (Å²) in [5.41, 5.74) is 0.465. The molecule has 1 aromatic carbocycles. The molecule has 0 aliphatic rings. The number of amides is 2. The standard InChI is InChI=1S/C16H21ClN2O4S/c1-23-16(22)13(8-10-24-2)19-14(20)7-9-18-15(21)11-3-5-12(17)6-4-11/h3-6,13H,7-10H2,1-2H3,(H,18,21)(H,19,20)/t13-/m0/s1. The lowest BCUT2D eigenvalue weighted by molar-refractivity contribution is -0.145. The Bertz CT molecular complexity index is 566. The summed E-state index contributed by atoms with van der Waals surface area (Å²) in [5.74, 6) is -0.343. The third kappa shape index (κ3) is 7.23. The number of hydrogen-bond acceptors (Lipinski definition) is 5. The number of ether oxygens (including phenoxy) is 1. The number of halogens is 1. The summed E-state index contributed by atoms with van der Waals surface area (Å²) in [6.45, 7) is 0.170. The van der Waals surface area contributed by atoms with Crippen molar-refractivity contribution >= 4 is 41.1 Å². The molecule has 0 fully saturated rings. The molecule has 0 saturated heterocycles. The first-order valence-corrected chi connectivity index (χ1v) is 9.15. The Morgan fingerprint density at radius 3 is 2.50 bits per heavy atom. The molecule has 6 nitrogen and oxygen atoms in total. The molecule has 24 heavy (non-hydrogen) atoms. The van der Waals surface area contributed by atoms with E-state index in [-0.39, 0.29) is 24.8 Å². The summed E-state index contributed by atoms with van der Waals surface area (Å²) in [5, 5.41) is 5.82. The molecule has 1 atom stereocenters. The van der Waals surface area contributed by atoms with Crippen molar-refractivity contribution in [1.82, 2.24) is 10.6 Å². The van der Waals surface area contributed by atoms with E-state index in [0.717, 1.165) is 5.75 Å². The van der Waals surface area contributed by atoms with Crippen LogP contribution < -0.4 is 10.6 Å². The molecule has 2 N–H and O–H groups in total. The van der Waals surface area contributed by atoms with Crippen molar-refractivity contribution in [2.24, 2.45) is 0 Å². The first kappa shape index (κ1) is 20.3. The lowest BCUT2D eigenvalue weighted by Gasteiger charge is -2.16. The molecule has 1 rings (SSSR count). The maximum Gasteiger partial charge on any atom is 0.328 e. The van der Waals surface area contributed by atoms with E-state index in [1.54, 1.807) is 36.0 Å². The summed E-state index contributed by atoms with van der Waals surface area (Å²) in [6, 6.07) is 5.79. The quantitative estimate of drug-likeness (QED) is 0.646. The predicted octanol–water partition coefficient (Wildman–Crippen LogP) is 1.87. The van der Waals surface area contributed by atoms with Gasteiger partial charge in [-0.25, -0.2) is 4.79 Å². The third-order valence-corrected chi connectivity index (χ3v) is 4.07. The number of methoxy groups -OCH3 is 1. The molecule has 0 unspecified atom stereocenters. The molecule has 0 radical (unpaired) electrons. The first-order chi connectivity index (χ1) is 11.5. The molecular formula is C16H21ClN2O4S. The van der Waals surface area contributed by atoms with Gasteiger partial charge in [0.05, 0.1) is 7.11 Å². The number of carbonyl (C=O) groups excluding carboxylic acids is 3. The van der Waals surface area contributed by atoms with Gasteiger partial charge in [-0.3, -0.25) is 9.59 Å². The highest BCUT2D eigenvalue weighted by atomic mass is 35.5. The fraction of sp³-hybridized carbons (Fsp3) is 0.438. The SMILES string of the molecule is COC(=O)[C@H](CCSC)NC(=O)CCNC(=O)c1ccc(Cl)cc1. The fourth-order valence-electron chi connectivity index (χ4n) is 1.89. The van der Waals surface area contributed by atoms with E-state index >= 15 is 0 Å². The molecular weight excluding hydrogens is 352 g/mol. The fourth-order valence-corrected chi connectivity index (χ4v) is 2.48. The monoisotopic (exact) mass is 372 g/mol. The summed E-state index contributed by atoms with van der Waals surface area (Å²) in [6.07, 6.45) is 2.49. The lowest BCUT2D eigenvalue weighted by Crippen LogP contribution is -2.43. The van der Waals surface area contributed by atoms with Gasteiger partial charge in [0, 0.05) is 23.6 Å². The smallest absolute Gasteiger partial charge is 0.328 e. The van der Waals surface area contributed by atoms with Crippen molar-refractivity contribution in [3.05, 3.63) is 34.9 Å². The summed E-state index contributed by atoms with van der Waals surface area (Å²) < 4.78 is 4.68. The van der Waals surface area contributed by atoms with Crippen LogP contribution in [0.1, 0.15) is 23.2 Å². The zero-order chi connectivity index (χ0) is 17.9.